The molecule has 1 aromatic rings. The van der Waals surface area contributed by atoms with E-state index in [1.54, 1.807) is 0 Å². The monoisotopic (exact) mass is 399 g/mol. The van der Waals surface area contributed by atoms with Crippen molar-refractivity contribution in [3.63, 3.8) is 0 Å². The van der Waals surface area contributed by atoms with Crippen molar-refractivity contribution in [3.05, 3.63) is 29.8 Å². The van der Waals surface area contributed by atoms with Crippen LogP contribution < -0.4 is 10.1 Å². The minimum atomic E-state index is -0.406. The molecule has 5 nitrogen and oxygen atoms in total. The molecular weight excluding hydrogens is 366 g/mol. The van der Waals surface area contributed by atoms with Gasteiger partial charge in [-0.25, -0.2) is 0 Å². The maximum absolute atomic E-state index is 12.4. The number of nitrogens with one attached hydrogen (secondary N) is 1. The third-order valence-electron chi connectivity index (χ3n) is 7.40. The van der Waals surface area contributed by atoms with Crippen molar-refractivity contribution in [1.29, 1.82) is 0 Å². The Morgan fingerprint density at radius 2 is 1.72 bits per heavy atom. The average Bonchev–Trinajstić information content (AvgIpc) is 2.67. The minimum absolute atomic E-state index is 0.131. The van der Waals surface area contributed by atoms with Gasteiger partial charge in [0.25, 0.3) is 5.91 Å². The lowest BCUT2D eigenvalue weighted by atomic mass is 9.48. The molecule has 0 heterocycles. The summed E-state index contributed by atoms with van der Waals surface area (Å²) in [5.41, 5.74) is 1.29. The Labute approximate surface area is 173 Å². The number of esters is 1. The Morgan fingerprint density at radius 1 is 1.10 bits per heavy atom. The first kappa shape index (κ1) is 20.2. The second-order valence-electron chi connectivity index (χ2n) is 9.59. The summed E-state index contributed by atoms with van der Waals surface area (Å²) in [6, 6.07) is 7.82. The normalized spacial score (nSPS) is 30.6. The maximum Gasteiger partial charge on any atom is 0.309 e. The molecule has 0 saturated heterocycles. The molecule has 4 saturated carbocycles. The van der Waals surface area contributed by atoms with E-state index in [1.165, 1.54) is 38.5 Å². The molecule has 4 bridgehead atoms. The highest BCUT2D eigenvalue weighted by atomic mass is 16.5. The smallest absolute Gasteiger partial charge is 0.309 e. The van der Waals surface area contributed by atoms with Gasteiger partial charge < -0.3 is 14.8 Å². The molecule has 1 amide bonds. The average molecular weight is 400 g/mol. The van der Waals surface area contributed by atoms with Crippen molar-refractivity contribution in [2.75, 3.05) is 13.2 Å². The molecule has 1 atom stereocenters. The van der Waals surface area contributed by atoms with E-state index < -0.39 is 5.97 Å². The van der Waals surface area contributed by atoms with Crippen molar-refractivity contribution in [2.45, 2.75) is 64.8 Å². The fourth-order valence-corrected chi connectivity index (χ4v) is 6.33. The highest BCUT2D eigenvalue weighted by Crippen LogP contribution is 2.61. The lowest BCUT2D eigenvalue weighted by Crippen LogP contribution is -2.56. The van der Waals surface area contributed by atoms with Crippen LogP contribution in [-0.4, -0.2) is 31.1 Å². The highest BCUT2D eigenvalue weighted by Gasteiger charge is 2.53. The molecular formula is C24H33NO4. The number of hydrogen-bond acceptors (Lipinski definition) is 4. The topological polar surface area (TPSA) is 64.6 Å². The van der Waals surface area contributed by atoms with Gasteiger partial charge in [0, 0.05) is 6.04 Å². The molecule has 5 heteroatoms. The SMILES string of the molecule is Cc1ccccc1OCCC(=O)OCC(=O)N[C@@H](C)C12CC3CC(CC(C3)C1)C2. The Hall–Kier alpha value is -2.04. The number of amides is 1. The van der Waals surface area contributed by atoms with Crippen molar-refractivity contribution >= 4 is 11.9 Å². The van der Waals surface area contributed by atoms with Crippen molar-refractivity contribution in [2.24, 2.45) is 23.2 Å². The fraction of sp³-hybridized carbons (Fsp3) is 0.667. The van der Waals surface area contributed by atoms with Crippen LogP contribution in [-0.2, 0) is 14.3 Å². The van der Waals surface area contributed by atoms with Crippen LogP contribution in [0.4, 0.5) is 0 Å². The molecule has 5 rings (SSSR count). The molecule has 4 aliphatic carbocycles. The largest absolute Gasteiger partial charge is 0.493 e. The zero-order chi connectivity index (χ0) is 20.4. The molecule has 0 aliphatic heterocycles. The number of hydrogen-bond donors (Lipinski definition) is 1. The zero-order valence-corrected chi connectivity index (χ0v) is 17.6. The van der Waals surface area contributed by atoms with E-state index in [1.807, 2.05) is 31.2 Å². The fourth-order valence-electron chi connectivity index (χ4n) is 6.33. The van der Waals surface area contributed by atoms with Crippen LogP contribution in [0, 0.1) is 30.1 Å². The first-order valence-electron chi connectivity index (χ1n) is 11.1. The van der Waals surface area contributed by atoms with Crippen molar-refractivity contribution < 1.29 is 19.1 Å². The number of rotatable bonds is 8. The first-order chi connectivity index (χ1) is 13.9. The zero-order valence-electron chi connectivity index (χ0n) is 17.6. The molecule has 4 fully saturated rings. The summed E-state index contributed by atoms with van der Waals surface area (Å²) in [7, 11) is 0. The van der Waals surface area contributed by atoms with Crippen LogP contribution in [0.3, 0.4) is 0 Å². The molecule has 29 heavy (non-hydrogen) atoms. The minimum Gasteiger partial charge on any atom is -0.493 e. The summed E-state index contributed by atoms with van der Waals surface area (Å²) < 4.78 is 10.8. The van der Waals surface area contributed by atoms with E-state index in [2.05, 4.69) is 12.2 Å². The molecule has 4 aliphatic rings. The Kier molecular flexibility index (Phi) is 5.84. The summed E-state index contributed by atoms with van der Waals surface area (Å²) in [5, 5.41) is 3.13. The van der Waals surface area contributed by atoms with Crippen LogP contribution in [0.5, 0.6) is 5.75 Å². The van der Waals surface area contributed by atoms with E-state index in [0.29, 0.717) is 0 Å². The number of carbonyl (C=O) groups is 2. The van der Waals surface area contributed by atoms with Gasteiger partial charge in [-0.05, 0) is 87.2 Å². The lowest BCUT2D eigenvalue weighted by molar-refractivity contribution is -0.150. The van der Waals surface area contributed by atoms with Crippen molar-refractivity contribution in [1.82, 2.24) is 5.32 Å². The number of para-hydroxylation sites is 1. The van der Waals surface area contributed by atoms with Crippen LogP contribution in [0.2, 0.25) is 0 Å². The van der Waals surface area contributed by atoms with E-state index in [-0.39, 0.29) is 37.0 Å². The maximum atomic E-state index is 12.4. The van der Waals surface area contributed by atoms with Crippen LogP contribution >= 0.6 is 0 Å². The molecule has 0 spiro atoms. The summed E-state index contributed by atoms with van der Waals surface area (Å²) in [6.07, 6.45) is 8.04. The first-order valence-corrected chi connectivity index (χ1v) is 11.1. The van der Waals surface area contributed by atoms with Gasteiger partial charge in [-0.15, -0.1) is 0 Å². The quantitative estimate of drug-likeness (QED) is 0.671. The van der Waals surface area contributed by atoms with E-state index in [4.69, 9.17) is 9.47 Å². The van der Waals surface area contributed by atoms with E-state index in [9.17, 15) is 9.59 Å². The van der Waals surface area contributed by atoms with Crippen LogP contribution in [0.1, 0.15) is 57.4 Å². The summed E-state index contributed by atoms with van der Waals surface area (Å²) in [5.74, 6) is 2.73. The predicted octanol–water partition coefficient (Wildman–Crippen LogP) is 4.03. The second kappa shape index (κ2) is 8.37. The third-order valence-corrected chi connectivity index (χ3v) is 7.40. The van der Waals surface area contributed by atoms with Crippen LogP contribution in [0.25, 0.3) is 0 Å². The predicted molar refractivity (Wildman–Crippen MR) is 110 cm³/mol. The number of aryl methyl sites for hydroxylation is 1. The van der Waals surface area contributed by atoms with E-state index >= 15 is 0 Å². The van der Waals surface area contributed by atoms with Gasteiger partial charge >= 0.3 is 5.97 Å². The molecule has 0 unspecified atom stereocenters. The Bertz CT molecular complexity index is 724. The molecule has 158 valence electrons. The van der Waals surface area contributed by atoms with E-state index in [0.717, 1.165) is 29.1 Å². The van der Waals surface area contributed by atoms with Gasteiger partial charge in [0.15, 0.2) is 6.61 Å². The van der Waals surface area contributed by atoms with Gasteiger partial charge in [-0.2, -0.15) is 0 Å². The van der Waals surface area contributed by atoms with Gasteiger partial charge in [-0.1, -0.05) is 18.2 Å². The highest BCUT2D eigenvalue weighted by molar-refractivity contribution is 5.80. The van der Waals surface area contributed by atoms with Crippen molar-refractivity contribution in [3.8, 4) is 5.75 Å². The standard InChI is InChI=1S/C24H33NO4/c1-16-5-3-4-6-21(16)28-8-7-23(27)29-15-22(26)25-17(2)24-12-18-9-19(13-24)11-20(10-18)14-24/h3-6,17-20H,7-15H2,1-2H3,(H,25,26)/t17-,18?,19?,20?,24?/m0/s1. The van der Waals surface area contributed by atoms with Gasteiger partial charge in [-0.3, -0.25) is 9.59 Å². The number of benzene rings is 1. The molecule has 0 aromatic heterocycles. The third kappa shape index (κ3) is 4.59. The van der Waals surface area contributed by atoms with Gasteiger partial charge in [0.2, 0.25) is 0 Å². The van der Waals surface area contributed by atoms with Gasteiger partial charge in [0.05, 0.1) is 13.0 Å². The Balaban J connectivity index is 1.18. The molecule has 0 radical (unpaired) electrons. The Morgan fingerprint density at radius 3 is 2.34 bits per heavy atom. The second-order valence-corrected chi connectivity index (χ2v) is 9.59. The molecule has 1 aromatic carbocycles. The summed E-state index contributed by atoms with van der Waals surface area (Å²) >= 11 is 0. The van der Waals surface area contributed by atoms with Crippen LogP contribution in [0.15, 0.2) is 24.3 Å². The number of ether oxygens (including phenoxy) is 2. The van der Waals surface area contributed by atoms with Gasteiger partial charge in [0.1, 0.15) is 5.75 Å². The molecule has 1 N–H and O–H groups in total. The summed E-state index contributed by atoms with van der Waals surface area (Å²) in [6.45, 7) is 4.14. The number of carbonyl (C=O) groups excluding carboxylic acids is 2. The summed E-state index contributed by atoms with van der Waals surface area (Å²) in [4.78, 5) is 24.3. The lowest BCUT2D eigenvalue weighted by Gasteiger charge is -2.59.